The number of hydrogen-bond acceptors (Lipinski definition) is 0. The van der Waals surface area contributed by atoms with E-state index in [9.17, 15) is 0 Å². The SMILES string of the molecule is c1ccc2[nH]ccc2c1.c1ccn2cccc2c1. The van der Waals surface area contributed by atoms with Crippen LogP contribution in [0.4, 0.5) is 0 Å². The van der Waals surface area contributed by atoms with Crippen LogP contribution in [0.2, 0.25) is 0 Å². The number of pyridine rings is 1. The molecular formula is C16H14N2. The van der Waals surface area contributed by atoms with Gasteiger partial charge in [0.15, 0.2) is 0 Å². The van der Waals surface area contributed by atoms with Crippen molar-refractivity contribution in [1.82, 2.24) is 9.38 Å². The van der Waals surface area contributed by atoms with Gasteiger partial charge >= 0.3 is 0 Å². The minimum absolute atomic E-state index is 1.21. The average Bonchev–Trinajstić information content (AvgIpc) is 3.08. The third kappa shape index (κ3) is 2.13. The molecule has 1 aromatic carbocycles. The molecule has 1 N–H and O–H groups in total. The Bertz CT molecular complexity index is 623. The minimum atomic E-state index is 1.21. The summed E-state index contributed by atoms with van der Waals surface area (Å²) in [5, 5.41) is 1.28. The zero-order valence-electron chi connectivity index (χ0n) is 9.95. The normalized spacial score (nSPS) is 10.2. The van der Waals surface area contributed by atoms with Gasteiger partial charge < -0.3 is 9.38 Å². The molecule has 0 aliphatic rings. The van der Waals surface area contributed by atoms with E-state index < -0.39 is 0 Å². The molecular weight excluding hydrogens is 220 g/mol. The van der Waals surface area contributed by atoms with Crippen molar-refractivity contribution in [3.63, 3.8) is 0 Å². The molecule has 0 spiro atoms. The van der Waals surface area contributed by atoms with Gasteiger partial charge in [-0.15, -0.1) is 0 Å². The van der Waals surface area contributed by atoms with Crippen LogP contribution < -0.4 is 0 Å². The quantitative estimate of drug-likeness (QED) is 0.472. The molecule has 0 radical (unpaired) electrons. The summed E-state index contributed by atoms with van der Waals surface area (Å²) < 4.78 is 2.08. The molecule has 0 aliphatic carbocycles. The monoisotopic (exact) mass is 234 g/mol. The second-order valence-electron chi connectivity index (χ2n) is 4.11. The summed E-state index contributed by atoms with van der Waals surface area (Å²) >= 11 is 0. The first kappa shape index (κ1) is 10.7. The second kappa shape index (κ2) is 4.80. The maximum absolute atomic E-state index is 3.12. The molecule has 0 amide bonds. The van der Waals surface area contributed by atoms with Gasteiger partial charge in [0.2, 0.25) is 0 Å². The molecule has 0 atom stereocenters. The number of aromatic amines is 1. The minimum Gasteiger partial charge on any atom is -0.361 e. The van der Waals surface area contributed by atoms with Gasteiger partial charge in [-0.2, -0.15) is 0 Å². The largest absolute Gasteiger partial charge is 0.361 e. The molecule has 2 nitrogen and oxygen atoms in total. The molecule has 0 fully saturated rings. The van der Waals surface area contributed by atoms with Gasteiger partial charge in [0.25, 0.3) is 0 Å². The van der Waals surface area contributed by atoms with E-state index in [1.165, 1.54) is 16.4 Å². The van der Waals surface area contributed by atoms with Crippen molar-refractivity contribution in [3.8, 4) is 0 Å². The standard InChI is InChI=1S/2C8H7N/c1-2-6-9-7-3-5-8(9)4-1;1-2-4-8-7(3-1)5-6-9-8/h1-7H;1-6,9H. The van der Waals surface area contributed by atoms with Crippen molar-refractivity contribution in [1.29, 1.82) is 0 Å². The van der Waals surface area contributed by atoms with E-state index in [4.69, 9.17) is 0 Å². The molecule has 2 heteroatoms. The number of nitrogens with one attached hydrogen (secondary N) is 1. The van der Waals surface area contributed by atoms with E-state index in [2.05, 4.69) is 39.7 Å². The van der Waals surface area contributed by atoms with E-state index >= 15 is 0 Å². The Morgan fingerprint density at radius 3 is 2.39 bits per heavy atom. The highest BCUT2D eigenvalue weighted by Crippen LogP contribution is 2.09. The second-order valence-corrected chi connectivity index (χ2v) is 4.11. The van der Waals surface area contributed by atoms with Gasteiger partial charge in [0.05, 0.1) is 0 Å². The third-order valence-electron chi connectivity index (χ3n) is 2.90. The summed E-state index contributed by atoms with van der Waals surface area (Å²) in [7, 11) is 0. The number of benzene rings is 1. The summed E-state index contributed by atoms with van der Waals surface area (Å²) in [6, 6.07) is 20.5. The highest BCUT2D eigenvalue weighted by Gasteiger charge is 1.86. The van der Waals surface area contributed by atoms with Crippen LogP contribution in [-0.2, 0) is 0 Å². The number of hydrogen-bond donors (Lipinski definition) is 1. The number of fused-ring (bicyclic) bond motifs is 2. The Kier molecular flexibility index (Phi) is 2.84. The van der Waals surface area contributed by atoms with Crippen LogP contribution in [0.1, 0.15) is 0 Å². The fourth-order valence-corrected chi connectivity index (χ4v) is 1.98. The molecule has 3 aromatic heterocycles. The van der Waals surface area contributed by atoms with Gasteiger partial charge in [-0.25, -0.2) is 0 Å². The number of para-hydroxylation sites is 1. The number of aromatic nitrogens is 2. The summed E-state index contributed by atoms with van der Waals surface area (Å²) in [5.41, 5.74) is 2.45. The average molecular weight is 234 g/mol. The summed E-state index contributed by atoms with van der Waals surface area (Å²) in [6.07, 6.45) is 6.02. The molecule has 0 aliphatic heterocycles. The fraction of sp³-hybridized carbons (Fsp3) is 0. The van der Waals surface area contributed by atoms with Crippen LogP contribution in [0.25, 0.3) is 16.4 Å². The predicted molar refractivity (Wildman–Crippen MR) is 75.7 cm³/mol. The van der Waals surface area contributed by atoms with Gasteiger partial charge in [-0.05, 0) is 41.8 Å². The molecule has 88 valence electrons. The summed E-state index contributed by atoms with van der Waals surface area (Å²) in [4.78, 5) is 3.12. The van der Waals surface area contributed by atoms with Crippen molar-refractivity contribution >= 4 is 16.4 Å². The lowest BCUT2D eigenvalue weighted by Crippen LogP contribution is -1.75. The molecule has 4 aromatic rings. The Hall–Kier alpha value is -2.48. The van der Waals surface area contributed by atoms with E-state index in [1.807, 2.05) is 48.9 Å². The van der Waals surface area contributed by atoms with Crippen LogP contribution in [0.5, 0.6) is 0 Å². The molecule has 0 saturated carbocycles. The van der Waals surface area contributed by atoms with Gasteiger partial charge in [0.1, 0.15) is 0 Å². The first-order valence-electron chi connectivity index (χ1n) is 5.97. The first-order chi connectivity index (χ1) is 8.93. The van der Waals surface area contributed by atoms with Crippen molar-refractivity contribution in [2.24, 2.45) is 0 Å². The zero-order valence-corrected chi connectivity index (χ0v) is 9.95. The number of H-pyrrole nitrogens is 1. The molecule has 18 heavy (non-hydrogen) atoms. The van der Waals surface area contributed by atoms with E-state index in [0.29, 0.717) is 0 Å². The van der Waals surface area contributed by atoms with Crippen molar-refractivity contribution in [3.05, 3.63) is 79.3 Å². The lowest BCUT2D eigenvalue weighted by Gasteiger charge is -1.88. The first-order valence-corrected chi connectivity index (χ1v) is 5.97. The van der Waals surface area contributed by atoms with Gasteiger partial charge in [-0.1, -0.05) is 24.3 Å². The third-order valence-corrected chi connectivity index (χ3v) is 2.90. The van der Waals surface area contributed by atoms with Gasteiger partial charge in [0, 0.05) is 29.6 Å². The molecule has 3 heterocycles. The van der Waals surface area contributed by atoms with Crippen molar-refractivity contribution in [2.75, 3.05) is 0 Å². The molecule has 0 saturated heterocycles. The number of nitrogens with zero attached hydrogens (tertiary/aromatic N) is 1. The zero-order chi connectivity index (χ0) is 12.2. The number of rotatable bonds is 0. The summed E-state index contributed by atoms with van der Waals surface area (Å²) in [5.74, 6) is 0. The smallest absolute Gasteiger partial charge is 0.0453 e. The summed E-state index contributed by atoms with van der Waals surface area (Å²) in [6.45, 7) is 0. The van der Waals surface area contributed by atoms with Crippen molar-refractivity contribution in [2.45, 2.75) is 0 Å². The van der Waals surface area contributed by atoms with Crippen LogP contribution in [-0.4, -0.2) is 9.38 Å². The maximum atomic E-state index is 3.12. The van der Waals surface area contributed by atoms with Crippen LogP contribution >= 0.6 is 0 Å². The Morgan fingerprint density at radius 2 is 1.50 bits per heavy atom. The predicted octanol–water partition coefficient (Wildman–Crippen LogP) is 4.11. The fourth-order valence-electron chi connectivity index (χ4n) is 1.98. The highest BCUT2D eigenvalue weighted by molar-refractivity contribution is 5.78. The highest BCUT2D eigenvalue weighted by atomic mass is 14.8. The Labute approximate surface area is 106 Å². The topological polar surface area (TPSA) is 20.2 Å². The van der Waals surface area contributed by atoms with E-state index in [1.54, 1.807) is 0 Å². The van der Waals surface area contributed by atoms with Crippen LogP contribution in [0.3, 0.4) is 0 Å². The molecule has 4 rings (SSSR count). The maximum Gasteiger partial charge on any atom is 0.0453 e. The lowest BCUT2D eigenvalue weighted by molar-refractivity contribution is 1.20. The Morgan fingerprint density at radius 1 is 0.722 bits per heavy atom. The lowest BCUT2D eigenvalue weighted by atomic mass is 10.3. The molecule has 0 unspecified atom stereocenters. The van der Waals surface area contributed by atoms with Gasteiger partial charge in [-0.3, -0.25) is 0 Å². The van der Waals surface area contributed by atoms with E-state index in [0.717, 1.165) is 0 Å². The Balaban J connectivity index is 0.000000111. The van der Waals surface area contributed by atoms with Crippen molar-refractivity contribution < 1.29 is 0 Å². The molecule has 0 bridgehead atoms. The van der Waals surface area contributed by atoms with Crippen LogP contribution in [0, 0.1) is 0 Å². The van der Waals surface area contributed by atoms with E-state index in [-0.39, 0.29) is 0 Å². The van der Waals surface area contributed by atoms with Crippen LogP contribution in [0.15, 0.2) is 79.3 Å².